The molecule has 1 saturated heterocycles. The van der Waals surface area contributed by atoms with Crippen LogP contribution >= 0.6 is 11.3 Å². The minimum absolute atomic E-state index is 0.249. The summed E-state index contributed by atoms with van der Waals surface area (Å²) in [6.07, 6.45) is 1.39. The van der Waals surface area contributed by atoms with Gasteiger partial charge in [0.05, 0.1) is 18.2 Å². The average molecular weight is 475 g/mol. The Hall–Kier alpha value is -2.99. The van der Waals surface area contributed by atoms with E-state index in [4.69, 9.17) is 9.94 Å². The number of thiazole rings is 1. The molecule has 1 amide bonds. The number of hydrogen-bond donors (Lipinski definition) is 2. The van der Waals surface area contributed by atoms with Gasteiger partial charge < -0.3 is 9.64 Å². The number of nitrogens with one attached hydrogen (secondary N) is 1. The first-order valence-corrected chi connectivity index (χ1v) is 12.1. The van der Waals surface area contributed by atoms with Crippen LogP contribution < -0.4 is 15.1 Å². The van der Waals surface area contributed by atoms with Gasteiger partial charge in [0.25, 0.3) is 5.91 Å². The zero-order valence-corrected chi connectivity index (χ0v) is 18.9. The number of benzene rings is 2. The third-order valence-corrected chi connectivity index (χ3v) is 8.21. The molecule has 11 heteroatoms. The molecule has 0 unspecified atom stereocenters. The number of nitrogens with zero attached hydrogens (tertiary/aromatic N) is 3. The first kappa shape index (κ1) is 22.2. The van der Waals surface area contributed by atoms with Crippen molar-refractivity contribution in [3.8, 4) is 16.9 Å². The Morgan fingerprint density at radius 2 is 1.62 bits per heavy atom. The van der Waals surface area contributed by atoms with Crippen LogP contribution in [0.25, 0.3) is 11.1 Å². The number of piperazine rings is 1. The van der Waals surface area contributed by atoms with Crippen molar-refractivity contribution in [1.82, 2.24) is 14.8 Å². The number of methoxy groups -OCH3 is 1. The molecule has 32 heavy (non-hydrogen) atoms. The Labute approximate surface area is 189 Å². The van der Waals surface area contributed by atoms with Crippen LogP contribution in [-0.2, 0) is 10.0 Å². The van der Waals surface area contributed by atoms with E-state index in [0.717, 1.165) is 28.2 Å². The number of amides is 1. The first-order chi connectivity index (χ1) is 15.4. The fourth-order valence-corrected chi connectivity index (χ4v) is 5.72. The molecule has 1 aliphatic heterocycles. The molecule has 1 fully saturated rings. The lowest BCUT2D eigenvalue weighted by Gasteiger charge is -2.33. The number of ether oxygens (including phenoxy) is 1. The summed E-state index contributed by atoms with van der Waals surface area (Å²) in [5.41, 5.74) is 3.47. The second-order valence-electron chi connectivity index (χ2n) is 7.09. The van der Waals surface area contributed by atoms with Crippen LogP contribution in [0.15, 0.2) is 59.6 Å². The summed E-state index contributed by atoms with van der Waals surface area (Å²) in [5.74, 6) is 0.144. The Morgan fingerprint density at radius 1 is 1.03 bits per heavy atom. The standard InChI is InChI=1S/C21H22N4O5S2/c1-30-17-6-2-15(3-7-17)16-4-8-18(9-5-16)32(28,29)25-12-10-24(11-13-25)21-22-14-19(31-21)20(26)23-27/h2-9,14,27H,10-13H2,1H3,(H,23,26). The van der Waals surface area contributed by atoms with Gasteiger partial charge in [0.15, 0.2) is 5.13 Å². The van der Waals surface area contributed by atoms with E-state index in [9.17, 15) is 13.2 Å². The Morgan fingerprint density at radius 3 is 2.19 bits per heavy atom. The maximum absolute atomic E-state index is 13.1. The number of hydroxylamine groups is 1. The summed E-state index contributed by atoms with van der Waals surface area (Å²) in [7, 11) is -2.01. The average Bonchev–Trinajstić information content (AvgIpc) is 3.34. The molecule has 2 heterocycles. The summed E-state index contributed by atoms with van der Waals surface area (Å²) in [4.78, 5) is 18.2. The zero-order valence-electron chi connectivity index (χ0n) is 17.3. The minimum Gasteiger partial charge on any atom is -0.497 e. The second-order valence-corrected chi connectivity index (χ2v) is 10.0. The molecule has 0 aliphatic carbocycles. The molecule has 1 aliphatic rings. The third kappa shape index (κ3) is 4.46. The van der Waals surface area contributed by atoms with Gasteiger partial charge in [-0.15, -0.1) is 0 Å². The van der Waals surface area contributed by atoms with Gasteiger partial charge in [-0.3, -0.25) is 10.0 Å². The van der Waals surface area contributed by atoms with Crippen LogP contribution in [0.2, 0.25) is 0 Å². The molecular formula is C21H22N4O5S2. The third-order valence-electron chi connectivity index (χ3n) is 5.24. The molecule has 4 rings (SSSR count). The summed E-state index contributed by atoms with van der Waals surface area (Å²) >= 11 is 1.15. The molecule has 0 radical (unpaired) electrons. The second kappa shape index (κ2) is 9.25. The number of sulfonamides is 1. The number of hydrogen-bond acceptors (Lipinski definition) is 8. The minimum atomic E-state index is -3.62. The smallest absolute Gasteiger partial charge is 0.286 e. The molecular weight excluding hydrogens is 452 g/mol. The maximum atomic E-state index is 13.1. The van der Waals surface area contributed by atoms with Crippen molar-refractivity contribution >= 4 is 32.4 Å². The lowest BCUT2D eigenvalue weighted by molar-refractivity contribution is 0.0710. The van der Waals surface area contributed by atoms with E-state index in [1.165, 1.54) is 10.5 Å². The van der Waals surface area contributed by atoms with Gasteiger partial charge in [0.2, 0.25) is 10.0 Å². The van der Waals surface area contributed by atoms with E-state index in [-0.39, 0.29) is 9.77 Å². The monoisotopic (exact) mass is 474 g/mol. The zero-order chi connectivity index (χ0) is 22.7. The lowest BCUT2D eigenvalue weighted by Crippen LogP contribution is -2.48. The van der Waals surface area contributed by atoms with Crippen molar-refractivity contribution < 1.29 is 23.2 Å². The van der Waals surface area contributed by atoms with Crippen molar-refractivity contribution in [3.63, 3.8) is 0 Å². The van der Waals surface area contributed by atoms with Crippen molar-refractivity contribution in [2.75, 3.05) is 38.2 Å². The quantitative estimate of drug-likeness (QED) is 0.417. The molecule has 0 atom stereocenters. The molecule has 1 aromatic heterocycles. The first-order valence-electron chi connectivity index (χ1n) is 9.82. The summed E-state index contributed by atoms with van der Waals surface area (Å²) < 4.78 is 32.8. The topological polar surface area (TPSA) is 112 Å². The van der Waals surface area contributed by atoms with Gasteiger partial charge in [0, 0.05) is 26.2 Å². The molecule has 0 spiro atoms. The molecule has 168 valence electrons. The van der Waals surface area contributed by atoms with Crippen LogP contribution in [-0.4, -0.2) is 62.1 Å². The van der Waals surface area contributed by atoms with Crippen molar-refractivity contribution in [3.05, 3.63) is 59.6 Å². The Kier molecular flexibility index (Phi) is 6.42. The van der Waals surface area contributed by atoms with Gasteiger partial charge in [0.1, 0.15) is 10.6 Å². The van der Waals surface area contributed by atoms with Gasteiger partial charge in [-0.2, -0.15) is 4.31 Å². The van der Waals surface area contributed by atoms with E-state index in [0.29, 0.717) is 31.3 Å². The van der Waals surface area contributed by atoms with Crippen molar-refractivity contribution in [2.24, 2.45) is 0 Å². The van der Waals surface area contributed by atoms with E-state index in [1.54, 1.807) is 36.9 Å². The summed E-state index contributed by atoms with van der Waals surface area (Å²) in [5, 5.41) is 9.35. The van der Waals surface area contributed by atoms with E-state index >= 15 is 0 Å². The van der Waals surface area contributed by atoms with E-state index < -0.39 is 15.9 Å². The molecule has 3 aromatic rings. The molecule has 0 saturated carbocycles. The van der Waals surface area contributed by atoms with Crippen molar-refractivity contribution in [2.45, 2.75) is 4.90 Å². The van der Waals surface area contributed by atoms with Gasteiger partial charge >= 0.3 is 0 Å². The van der Waals surface area contributed by atoms with E-state index in [1.807, 2.05) is 29.2 Å². The highest BCUT2D eigenvalue weighted by molar-refractivity contribution is 7.89. The SMILES string of the molecule is COc1ccc(-c2ccc(S(=O)(=O)N3CCN(c4ncc(C(=O)NO)s4)CC3)cc2)cc1. The van der Waals surface area contributed by atoms with Crippen LogP contribution in [0.3, 0.4) is 0 Å². The fourth-order valence-electron chi connectivity index (χ4n) is 3.44. The van der Waals surface area contributed by atoms with Crippen LogP contribution in [0, 0.1) is 0 Å². The molecule has 2 aromatic carbocycles. The number of aromatic nitrogens is 1. The van der Waals surface area contributed by atoms with Gasteiger partial charge in [-0.25, -0.2) is 18.9 Å². The van der Waals surface area contributed by atoms with Crippen LogP contribution in [0.1, 0.15) is 9.67 Å². The predicted molar refractivity (Wildman–Crippen MR) is 121 cm³/mol. The molecule has 0 bridgehead atoms. The number of anilines is 1. The summed E-state index contributed by atoms with van der Waals surface area (Å²) in [6, 6.07) is 14.4. The highest BCUT2D eigenvalue weighted by Gasteiger charge is 2.29. The predicted octanol–water partition coefficient (Wildman–Crippen LogP) is 2.45. The maximum Gasteiger partial charge on any atom is 0.286 e. The molecule has 9 nitrogen and oxygen atoms in total. The Bertz CT molecular complexity index is 1190. The van der Waals surface area contributed by atoms with Crippen molar-refractivity contribution in [1.29, 1.82) is 0 Å². The number of rotatable bonds is 6. The summed E-state index contributed by atoms with van der Waals surface area (Å²) in [6.45, 7) is 1.53. The Balaban J connectivity index is 1.42. The number of carbonyl (C=O) groups excluding carboxylic acids is 1. The lowest BCUT2D eigenvalue weighted by atomic mass is 10.1. The fraction of sp³-hybridized carbons (Fsp3) is 0.238. The highest BCUT2D eigenvalue weighted by atomic mass is 32.2. The van der Waals surface area contributed by atoms with Gasteiger partial charge in [-0.1, -0.05) is 35.6 Å². The number of carbonyl (C=O) groups is 1. The normalized spacial score (nSPS) is 14.9. The van der Waals surface area contributed by atoms with E-state index in [2.05, 4.69) is 4.98 Å². The highest BCUT2D eigenvalue weighted by Crippen LogP contribution is 2.27. The van der Waals surface area contributed by atoms with Crippen LogP contribution in [0.5, 0.6) is 5.75 Å². The van der Waals surface area contributed by atoms with Gasteiger partial charge in [-0.05, 0) is 35.4 Å². The van der Waals surface area contributed by atoms with Crippen LogP contribution in [0.4, 0.5) is 5.13 Å². The largest absolute Gasteiger partial charge is 0.497 e. The molecule has 2 N–H and O–H groups in total.